The molecule has 0 radical (unpaired) electrons. The van der Waals surface area contributed by atoms with Crippen molar-refractivity contribution in [3.63, 3.8) is 0 Å². The smallest absolute Gasteiger partial charge is 0.0984 e. The van der Waals surface area contributed by atoms with Crippen molar-refractivity contribution in [1.29, 1.82) is 0 Å². The van der Waals surface area contributed by atoms with Crippen LogP contribution in [-0.4, -0.2) is 5.66 Å². The molecule has 0 aromatic carbocycles. The summed E-state index contributed by atoms with van der Waals surface area (Å²) in [6, 6.07) is 0. The zero-order valence-electron chi connectivity index (χ0n) is 5.84. The van der Waals surface area contributed by atoms with Crippen molar-refractivity contribution < 1.29 is 0 Å². The molecule has 0 bridgehead atoms. The van der Waals surface area contributed by atoms with Gasteiger partial charge in [0.1, 0.15) is 0 Å². The fourth-order valence-corrected chi connectivity index (χ4v) is 2.22. The summed E-state index contributed by atoms with van der Waals surface area (Å²) in [5, 5.41) is 2.04. The average Bonchev–Trinajstić information content (AvgIpc) is 2.09. The lowest BCUT2D eigenvalue weighted by molar-refractivity contribution is 0.202. The Balaban J connectivity index is 2.05. The van der Waals surface area contributed by atoms with E-state index in [1.807, 2.05) is 5.41 Å². The van der Waals surface area contributed by atoms with E-state index < -0.39 is 0 Å². The lowest BCUT2D eigenvalue weighted by Gasteiger charge is -2.38. The third-order valence-electron chi connectivity index (χ3n) is 2.43. The van der Waals surface area contributed by atoms with E-state index in [4.69, 9.17) is 5.73 Å². The monoisotopic (exact) mass is 156 g/mol. The lowest BCUT2D eigenvalue weighted by atomic mass is 9.76. The molecule has 0 saturated heterocycles. The van der Waals surface area contributed by atoms with Crippen LogP contribution in [0, 0.1) is 5.92 Å². The highest BCUT2D eigenvalue weighted by Crippen LogP contribution is 2.37. The van der Waals surface area contributed by atoms with Gasteiger partial charge in [-0.2, -0.15) is 0 Å². The Hall–Kier alpha value is 0.01000. The van der Waals surface area contributed by atoms with Gasteiger partial charge in [-0.3, -0.25) is 0 Å². The van der Waals surface area contributed by atoms with Crippen molar-refractivity contribution in [3.8, 4) is 0 Å². The van der Waals surface area contributed by atoms with Crippen LogP contribution in [0.15, 0.2) is 11.5 Å². The van der Waals surface area contributed by atoms with E-state index in [1.54, 1.807) is 11.9 Å². The van der Waals surface area contributed by atoms with Crippen LogP contribution < -0.4 is 10.5 Å². The predicted molar refractivity (Wildman–Crippen MR) is 44.1 cm³/mol. The van der Waals surface area contributed by atoms with Gasteiger partial charge >= 0.3 is 0 Å². The molecular weight excluding hydrogens is 144 g/mol. The van der Waals surface area contributed by atoms with E-state index in [2.05, 4.69) is 10.8 Å². The SMILES string of the molecule is NC1(C2CCC2)C=CSN1. The van der Waals surface area contributed by atoms with Gasteiger partial charge in [0.15, 0.2) is 0 Å². The average molecular weight is 156 g/mol. The summed E-state index contributed by atoms with van der Waals surface area (Å²) >= 11 is 1.60. The third-order valence-corrected chi connectivity index (χ3v) is 3.17. The highest BCUT2D eigenvalue weighted by atomic mass is 32.2. The van der Waals surface area contributed by atoms with Crippen molar-refractivity contribution in [2.24, 2.45) is 11.7 Å². The molecule has 1 saturated carbocycles. The van der Waals surface area contributed by atoms with Crippen LogP contribution in [0.5, 0.6) is 0 Å². The van der Waals surface area contributed by atoms with Gasteiger partial charge in [0.2, 0.25) is 0 Å². The summed E-state index contributed by atoms with van der Waals surface area (Å²) in [6.45, 7) is 0. The molecule has 1 atom stereocenters. The molecule has 1 heterocycles. The molecule has 1 fully saturated rings. The lowest BCUT2D eigenvalue weighted by Crippen LogP contribution is -2.54. The Morgan fingerprint density at radius 2 is 2.40 bits per heavy atom. The van der Waals surface area contributed by atoms with Gasteiger partial charge in [-0.05, 0) is 30.2 Å². The summed E-state index contributed by atoms with van der Waals surface area (Å²) < 4.78 is 3.22. The van der Waals surface area contributed by atoms with E-state index in [1.165, 1.54) is 19.3 Å². The fraction of sp³-hybridized carbons (Fsp3) is 0.714. The molecule has 2 rings (SSSR count). The molecule has 3 heteroatoms. The minimum Gasteiger partial charge on any atom is -0.309 e. The zero-order chi connectivity index (χ0) is 7.03. The number of hydrogen-bond donors (Lipinski definition) is 2. The molecule has 1 aliphatic heterocycles. The third kappa shape index (κ3) is 0.892. The molecule has 0 aromatic rings. The van der Waals surface area contributed by atoms with Gasteiger partial charge in [0, 0.05) is 0 Å². The standard InChI is InChI=1S/C7H12N2S/c8-7(4-5-10-9-7)6-2-1-3-6/h4-6,9H,1-3,8H2. The number of hydrogen-bond acceptors (Lipinski definition) is 3. The number of nitrogens with two attached hydrogens (primary N) is 1. The van der Waals surface area contributed by atoms with Crippen molar-refractivity contribution in [2.45, 2.75) is 24.9 Å². The zero-order valence-corrected chi connectivity index (χ0v) is 6.66. The molecule has 2 aliphatic rings. The van der Waals surface area contributed by atoms with E-state index in [9.17, 15) is 0 Å². The Kier molecular flexibility index (Phi) is 1.51. The van der Waals surface area contributed by atoms with Crippen LogP contribution in [0.3, 0.4) is 0 Å². The van der Waals surface area contributed by atoms with E-state index in [0.717, 1.165) is 0 Å². The second-order valence-corrected chi connectivity index (χ2v) is 3.80. The largest absolute Gasteiger partial charge is 0.309 e. The number of nitrogens with one attached hydrogen (secondary N) is 1. The van der Waals surface area contributed by atoms with Crippen molar-refractivity contribution in [3.05, 3.63) is 11.5 Å². The first-order chi connectivity index (χ1) is 4.81. The Labute approximate surface area is 65.4 Å². The summed E-state index contributed by atoms with van der Waals surface area (Å²) in [5.41, 5.74) is 5.87. The van der Waals surface area contributed by atoms with Gasteiger partial charge in [-0.25, -0.2) is 4.72 Å². The Morgan fingerprint density at radius 3 is 2.80 bits per heavy atom. The molecule has 2 nitrogen and oxygen atoms in total. The highest BCUT2D eigenvalue weighted by Gasteiger charge is 2.38. The molecule has 0 amide bonds. The van der Waals surface area contributed by atoms with Crippen molar-refractivity contribution in [2.75, 3.05) is 0 Å². The first kappa shape index (κ1) is 6.70. The minimum atomic E-state index is -0.178. The summed E-state index contributed by atoms with van der Waals surface area (Å²) in [6.07, 6.45) is 6.01. The van der Waals surface area contributed by atoms with Crippen molar-refractivity contribution >= 4 is 11.9 Å². The van der Waals surface area contributed by atoms with Crippen LogP contribution >= 0.6 is 11.9 Å². The second-order valence-electron chi connectivity index (χ2n) is 3.08. The molecule has 1 aliphatic carbocycles. The van der Waals surface area contributed by atoms with Gasteiger partial charge < -0.3 is 5.73 Å². The van der Waals surface area contributed by atoms with Gasteiger partial charge in [0.25, 0.3) is 0 Å². The van der Waals surface area contributed by atoms with Crippen LogP contribution in [-0.2, 0) is 0 Å². The molecule has 1 unspecified atom stereocenters. The normalized spacial score (nSPS) is 40.1. The fourth-order valence-electron chi connectivity index (χ4n) is 1.42. The predicted octanol–water partition coefficient (Wildman–Crippen LogP) is 1.21. The maximum Gasteiger partial charge on any atom is 0.0984 e. The van der Waals surface area contributed by atoms with Crippen LogP contribution in [0.1, 0.15) is 19.3 Å². The van der Waals surface area contributed by atoms with E-state index in [0.29, 0.717) is 5.92 Å². The first-order valence-electron chi connectivity index (χ1n) is 3.71. The van der Waals surface area contributed by atoms with Gasteiger partial charge in [-0.15, -0.1) is 0 Å². The van der Waals surface area contributed by atoms with E-state index in [-0.39, 0.29) is 5.66 Å². The van der Waals surface area contributed by atoms with Crippen LogP contribution in [0.4, 0.5) is 0 Å². The molecule has 0 spiro atoms. The topological polar surface area (TPSA) is 38.0 Å². The summed E-state index contributed by atoms with van der Waals surface area (Å²) in [5.74, 6) is 0.679. The highest BCUT2D eigenvalue weighted by molar-refractivity contribution is 8.00. The maximum atomic E-state index is 6.05. The van der Waals surface area contributed by atoms with Crippen molar-refractivity contribution in [1.82, 2.24) is 4.72 Å². The van der Waals surface area contributed by atoms with Crippen LogP contribution in [0.25, 0.3) is 0 Å². The molecule has 10 heavy (non-hydrogen) atoms. The Bertz CT molecular complexity index is 165. The van der Waals surface area contributed by atoms with Gasteiger partial charge in [0.05, 0.1) is 5.66 Å². The Morgan fingerprint density at radius 1 is 1.60 bits per heavy atom. The second kappa shape index (κ2) is 2.26. The van der Waals surface area contributed by atoms with Gasteiger partial charge in [-0.1, -0.05) is 18.4 Å². The molecule has 3 N–H and O–H groups in total. The van der Waals surface area contributed by atoms with E-state index >= 15 is 0 Å². The molecule has 0 aromatic heterocycles. The molecule has 56 valence electrons. The first-order valence-corrected chi connectivity index (χ1v) is 4.59. The summed E-state index contributed by atoms with van der Waals surface area (Å²) in [7, 11) is 0. The molecular formula is C7H12N2S. The summed E-state index contributed by atoms with van der Waals surface area (Å²) in [4.78, 5) is 0. The maximum absolute atomic E-state index is 6.05. The van der Waals surface area contributed by atoms with Crippen LogP contribution in [0.2, 0.25) is 0 Å². The minimum absolute atomic E-state index is 0.178. The quantitative estimate of drug-likeness (QED) is 0.560. The number of rotatable bonds is 1.